The Morgan fingerprint density at radius 3 is 2.93 bits per heavy atom. The van der Waals surface area contributed by atoms with Gasteiger partial charge in [-0.25, -0.2) is 0 Å². The van der Waals surface area contributed by atoms with E-state index < -0.39 is 0 Å². The molecule has 1 aliphatic rings. The first-order chi connectivity index (χ1) is 6.79. The summed E-state index contributed by atoms with van der Waals surface area (Å²) in [6.45, 7) is 0. The highest BCUT2D eigenvalue weighted by Crippen LogP contribution is 2.38. The zero-order valence-electron chi connectivity index (χ0n) is 7.78. The van der Waals surface area contributed by atoms with Crippen molar-refractivity contribution in [1.82, 2.24) is 0 Å². The van der Waals surface area contributed by atoms with Crippen LogP contribution in [0.15, 0.2) is 11.4 Å². The van der Waals surface area contributed by atoms with Gasteiger partial charge in [0.1, 0.15) is 0 Å². The Morgan fingerprint density at radius 2 is 2.36 bits per heavy atom. The molecular formula is C10H13ClOS2. The largest absolute Gasteiger partial charge is 0.387 e. The van der Waals surface area contributed by atoms with E-state index in [1.807, 2.05) is 23.2 Å². The lowest BCUT2D eigenvalue weighted by atomic mass is 10.1. The summed E-state index contributed by atoms with van der Waals surface area (Å²) in [7, 11) is 0. The van der Waals surface area contributed by atoms with Gasteiger partial charge in [0.15, 0.2) is 0 Å². The Balaban J connectivity index is 2.07. The molecule has 1 aliphatic heterocycles. The predicted octanol–water partition coefficient (Wildman–Crippen LogP) is 3.72. The quantitative estimate of drug-likeness (QED) is 0.861. The Hall–Kier alpha value is 0.300. The van der Waals surface area contributed by atoms with Crippen LogP contribution in [-0.2, 0) is 0 Å². The standard InChI is InChI=1S/C10H13ClOS2/c11-10-7(4-6-14-10)9(12)8-3-1-2-5-13-8/h4,6,8-9,12H,1-3,5H2. The number of thioether (sulfide) groups is 1. The van der Waals surface area contributed by atoms with Crippen LogP contribution in [0.4, 0.5) is 0 Å². The highest BCUT2D eigenvalue weighted by Gasteiger charge is 2.25. The molecule has 2 rings (SSSR count). The predicted molar refractivity (Wildman–Crippen MR) is 64.4 cm³/mol. The van der Waals surface area contributed by atoms with Crippen LogP contribution in [0.5, 0.6) is 0 Å². The highest BCUT2D eigenvalue weighted by atomic mass is 35.5. The first-order valence-electron chi connectivity index (χ1n) is 4.81. The van der Waals surface area contributed by atoms with Crippen molar-refractivity contribution in [2.45, 2.75) is 30.6 Å². The van der Waals surface area contributed by atoms with Crippen molar-refractivity contribution in [3.05, 3.63) is 21.3 Å². The van der Waals surface area contributed by atoms with Crippen LogP contribution in [0.1, 0.15) is 30.9 Å². The second kappa shape index (κ2) is 4.88. The first kappa shape index (κ1) is 10.8. The molecule has 0 amide bonds. The van der Waals surface area contributed by atoms with Crippen molar-refractivity contribution in [1.29, 1.82) is 0 Å². The fraction of sp³-hybridized carbons (Fsp3) is 0.600. The molecule has 0 spiro atoms. The number of hydrogen-bond acceptors (Lipinski definition) is 3. The molecule has 0 saturated carbocycles. The molecule has 1 saturated heterocycles. The van der Waals surface area contributed by atoms with Crippen LogP contribution in [0.25, 0.3) is 0 Å². The van der Waals surface area contributed by atoms with E-state index >= 15 is 0 Å². The van der Waals surface area contributed by atoms with E-state index in [1.165, 1.54) is 29.9 Å². The topological polar surface area (TPSA) is 20.2 Å². The van der Waals surface area contributed by atoms with Crippen LogP contribution < -0.4 is 0 Å². The van der Waals surface area contributed by atoms with Crippen molar-refractivity contribution >= 4 is 34.7 Å². The normalized spacial score (nSPS) is 24.9. The van der Waals surface area contributed by atoms with Crippen LogP contribution >= 0.6 is 34.7 Å². The zero-order chi connectivity index (χ0) is 9.97. The number of rotatable bonds is 2. The molecule has 0 radical (unpaired) electrons. The Bertz CT molecular complexity index is 294. The van der Waals surface area contributed by atoms with E-state index in [0.717, 1.165) is 16.3 Å². The number of halogens is 1. The van der Waals surface area contributed by atoms with E-state index in [0.29, 0.717) is 5.25 Å². The minimum Gasteiger partial charge on any atom is -0.387 e. The van der Waals surface area contributed by atoms with Gasteiger partial charge in [0, 0.05) is 10.8 Å². The number of aliphatic hydroxyl groups is 1. The summed E-state index contributed by atoms with van der Waals surface area (Å²) >= 11 is 9.37. The van der Waals surface area contributed by atoms with Gasteiger partial charge in [0.05, 0.1) is 10.4 Å². The molecule has 1 fully saturated rings. The summed E-state index contributed by atoms with van der Waals surface area (Å²) in [5.74, 6) is 1.17. The van der Waals surface area contributed by atoms with E-state index in [2.05, 4.69) is 0 Å². The molecule has 1 aromatic rings. The molecule has 0 aliphatic carbocycles. The third-order valence-electron chi connectivity index (χ3n) is 2.53. The van der Waals surface area contributed by atoms with Crippen LogP contribution in [0, 0.1) is 0 Å². The van der Waals surface area contributed by atoms with Gasteiger partial charge in [-0.05, 0) is 30.0 Å². The maximum absolute atomic E-state index is 10.1. The van der Waals surface area contributed by atoms with Gasteiger partial charge in [0.25, 0.3) is 0 Å². The van der Waals surface area contributed by atoms with Gasteiger partial charge in [-0.15, -0.1) is 11.3 Å². The molecule has 0 bridgehead atoms. The Morgan fingerprint density at radius 1 is 1.50 bits per heavy atom. The highest BCUT2D eigenvalue weighted by molar-refractivity contribution is 7.99. The molecule has 78 valence electrons. The van der Waals surface area contributed by atoms with Gasteiger partial charge in [-0.3, -0.25) is 0 Å². The summed E-state index contributed by atoms with van der Waals surface area (Å²) in [6, 6.07) is 1.94. The van der Waals surface area contributed by atoms with Crippen LogP contribution in [0.3, 0.4) is 0 Å². The Kier molecular flexibility index (Phi) is 3.77. The first-order valence-corrected chi connectivity index (χ1v) is 7.12. The third kappa shape index (κ3) is 2.27. The van der Waals surface area contributed by atoms with E-state index in [-0.39, 0.29) is 6.10 Å². The van der Waals surface area contributed by atoms with E-state index in [1.54, 1.807) is 0 Å². The van der Waals surface area contributed by atoms with Gasteiger partial charge in [-0.1, -0.05) is 18.0 Å². The maximum atomic E-state index is 10.1. The summed E-state index contributed by atoms with van der Waals surface area (Å²) in [5.41, 5.74) is 0.913. The van der Waals surface area contributed by atoms with E-state index in [4.69, 9.17) is 11.6 Å². The smallest absolute Gasteiger partial charge is 0.0986 e. The fourth-order valence-electron chi connectivity index (χ4n) is 1.73. The summed E-state index contributed by atoms with van der Waals surface area (Å²) < 4.78 is 0.740. The van der Waals surface area contributed by atoms with Crippen LogP contribution in [0.2, 0.25) is 4.34 Å². The molecule has 1 nitrogen and oxygen atoms in total. The average molecular weight is 249 g/mol. The van der Waals surface area contributed by atoms with Crippen molar-refractivity contribution in [3.8, 4) is 0 Å². The number of thiophene rings is 1. The fourth-order valence-corrected chi connectivity index (χ4v) is 4.05. The van der Waals surface area contributed by atoms with Gasteiger partial charge >= 0.3 is 0 Å². The molecule has 1 N–H and O–H groups in total. The molecule has 1 aromatic heterocycles. The van der Waals surface area contributed by atoms with Crippen molar-refractivity contribution in [2.75, 3.05) is 5.75 Å². The minimum atomic E-state index is -0.376. The second-order valence-corrected chi connectivity index (χ2v) is 6.36. The lowest BCUT2D eigenvalue weighted by Crippen LogP contribution is -2.18. The zero-order valence-corrected chi connectivity index (χ0v) is 10.2. The SMILES string of the molecule is OC(c1ccsc1Cl)C1CCCCS1. The van der Waals surface area contributed by atoms with Gasteiger partial charge in [0.2, 0.25) is 0 Å². The summed E-state index contributed by atoms with van der Waals surface area (Å²) in [4.78, 5) is 0. The minimum absolute atomic E-state index is 0.343. The lowest BCUT2D eigenvalue weighted by molar-refractivity contribution is 0.169. The third-order valence-corrected chi connectivity index (χ3v) is 5.18. The second-order valence-electron chi connectivity index (χ2n) is 3.50. The number of hydrogen-bond donors (Lipinski definition) is 1. The average Bonchev–Trinajstić information content (AvgIpc) is 2.65. The van der Waals surface area contributed by atoms with Crippen LogP contribution in [-0.4, -0.2) is 16.1 Å². The van der Waals surface area contributed by atoms with Crippen molar-refractivity contribution < 1.29 is 5.11 Å². The van der Waals surface area contributed by atoms with E-state index in [9.17, 15) is 5.11 Å². The number of aliphatic hydroxyl groups excluding tert-OH is 1. The van der Waals surface area contributed by atoms with Gasteiger partial charge in [-0.2, -0.15) is 11.8 Å². The summed E-state index contributed by atoms with van der Waals surface area (Å²) in [5, 5.41) is 12.4. The van der Waals surface area contributed by atoms with Crippen molar-refractivity contribution in [2.24, 2.45) is 0 Å². The van der Waals surface area contributed by atoms with Crippen molar-refractivity contribution in [3.63, 3.8) is 0 Å². The molecule has 14 heavy (non-hydrogen) atoms. The Labute approximate surface area is 97.5 Å². The molecule has 4 heteroatoms. The van der Waals surface area contributed by atoms with Gasteiger partial charge < -0.3 is 5.11 Å². The molecular weight excluding hydrogens is 236 g/mol. The molecule has 0 aromatic carbocycles. The summed E-state index contributed by atoms with van der Waals surface area (Å²) in [6.07, 6.45) is 3.25. The lowest BCUT2D eigenvalue weighted by Gasteiger charge is -2.25. The maximum Gasteiger partial charge on any atom is 0.0986 e. The molecule has 2 atom stereocenters. The molecule has 2 heterocycles. The molecule has 2 unspecified atom stereocenters. The monoisotopic (exact) mass is 248 g/mol.